The van der Waals surface area contributed by atoms with E-state index in [1.165, 1.54) is 0 Å². The molecule has 5 nitrogen and oxygen atoms in total. The van der Waals surface area contributed by atoms with Gasteiger partial charge in [-0.1, -0.05) is 36.3 Å². The molecule has 1 aliphatic heterocycles. The van der Waals surface area contributed by atoms with Crippen LogP contribution >= 0.6 is 0 Å². The molecule has 21 heavy (non-hydrogen) atoms. The maximum Gasteiger partial charge on any atom is 0.170 e. The average molecular weight is 291 g/mol. The molecule has 1 saturated heterocycles. The molecule has 2 rings (SSSR count). The first-order chi connectivity index (χ1) is 10.2. The quantitative estimate of drug-likeness (QED) is 0.365. The molecule has 0 aromatic heterocycles. The number of oxime groups is 1. The van der Waals surface area contributed by atoms with Crippen molar-refractivity contribution in [3.8, 4) is 0 Å². The van der Waals surface area contributed by atoms with Gasteiger partial charge in [0.1, 0.15) is 0 Å². The fourth-order valence-corrected chi connectivity index (χ4v) is 2.78. The Kier molecular flexibility index (Phi) is 6.02. The molecule has 0 spiro atoms. The van der Waals surface area contributed by atoms with E-state index in [1.807, 2.05) is 24.3 Å². The molecule has 0 radical (unpaired) electrons. The van der Waals surface area contributed by atoms with E-state index in [2.05, 4.69) is 17.0 Å². The van der Waals surface area contributed by atoms with Gasteiger partial charge in [0.15, 0.2) is 5.84 Å². The third-order valence-electron chi connectivity index (χ3n) is 3.81. The van der Waals surface area contributed by atoms with E-state index in [0.29, 0.717) is 6.10 Å². The van der Waals surface area contributed by atoms with Crippen LogP contribution in [0.5, 0.6) is 0 Å². The van der Waals surface area contributed by atoms with Crippen LogP contribution in [0.25, 0.3) is 0 Å². The number of likely N-dealkylation sites (tertiary alicyclic amines) is 1. The van der Waals surface area contributed by atoms with E-state index in [9.17, 15) is 0 Å². The highest BCUT2D eigenvalue weighted by Gasteiger charge is 2.21. The maximum absolute atomic E-state index is 8.89. The summed E-state index contributed by atoms with van der Waals surface area (Å²) >= 11 is 0. The van der Waals surface area contributed by atoms with Crippen LogP contribution in [0, 0.1) is 0 Å². The van der Waals surface area contributed by atoms with Crippen molar-refractivity contribution in [1.29, 1.82) is 0 Å². The summed E-state index contributed by atoms with van der Waals surface area (Å²) in [6, 6.07) is 7.81. The fraction of sp³-hybridized carbons (Fsp3) is 0.562. The van der Waals surface area contributed by atoms with Crippen LogP contribution in [0.1, 0.15) is 37.3 Å². The molecule has 1 fully saturated rings. The zero-order valence-corrected chi connectivity index (χ0v) is 12.7. The van der Waals surface area contributed by atoms with Crippen LogP contribution in [0.2, 0.25) is 0 Å². The third-order valence-corrected chi connectivity index (χ3v) is 3.81. The van der Waals surface area contributed by atoms with Crippen LogP contribution in [0.15, 0.2) is 29.4 Å². The molecule has 1 aromatic carbocycles. The Morgan fingerprint density at radius 1 is 1.48 bits per heavy atom. The Labute approximate surface area is 126 Å². The van der Waals surface area contributed by atoms with Gasteiger partial charge in [-0.15, -0.1) is 0 Å². The number of piperidine rings is 1. The van der Waals surface area contributed by atoms with Crippen LogP contribution in [0.4, 0.5) is 0 Å². The van der Waals surface area contributed by atoms with Crippen molar-refractivity contribution in [3.63, 3.8) is 0 Å². The Hall–Kier alpha value is -1.59. The van der Waals surface area contributed by atoms with E-state index in [0.717, 1.165) is 56.6 Å². The Morgan fingerprint density at radius 3 is 3.05 bits per heavy atom. The molecule has 0 saturated carbocycles. The first-order valence-corrected chi connectivity index (χ1v) is 7.64. The molecule has 0 aliphatic carbocycles. The SMILES string of the molecule is CCCOC1CCCN(Cc2ccccc2C(N)=NO)C1. The monoisotopic (exact) mass is 291 g/mol. The molecular formula is C16H25N3O2. The number of hydrogen-bond acceptors (Lipinski definition) is 4. The number of hydrogen-bond donors (Lipinski definition) is 2. The van der Waals surface area contributed by atoms with Gasteiger partial charge in [-0.3, -0.25) is 4.90 Å². The van der Waals surface area contributed by atoms with Crippen molar-refractivity contribution in [3.05, 3.63) is 35.4 Å². The van der Waals surface area contributed by atoms with Crippen molar-refractivity contribution in [2.24, 2.45) is 10.9 Å². The van der Waals surface area contributed by atoms with Crippen LogP contribution in [-0.2, 0) is 11.3 Å². The molecule has 1 aromatic rings. The second-order valence-electron chi connectivity index (χ2n) is 5.51. The van der Waals surface area contributed by atoms with E-state index in [4.69, 9.17) is 15.7 Å². The highest BCUT2D eigenvalue weighted by atomic mass is 16.5. The van der Waals surface area contributed by atoms with Gasteiger partial charge in [0.2, 0.25) is 0 Å². The average Bonchev–Trinajstić information content (AvgIpc) is 2.53. The summed E-state index contributed by atoms with van der Waals surface area (Å²) in [4.78, 5) is 2.38. The number of amidine groups is 1. The van der Waals surface area contributed by atoms with Crippen LogP contribution in [0.3, 0.4) is 0 Å². The molecule has 0 bridgehead atoms. The van der Waals surface area contributed by atoms with Gasteiger partial charge in [0, 0.05) is 25.3 Å². The van der Waals surface area contributed by atoms with Gasteiger partial charge >= 0.3 is 0 Å². The first kappa shape index (κ1) is 15.8. The summed E-state index contributed by atoms with van der Waals surface area (Å²) in [5.41, 5.74) is 7.64. The van der Waals surface area contributed by atoms with Crippen LogP contribution < -0.4 is 5.73 Å². The molecule has 1 aliphatic rings. The predicted molar refractivity (Wildman–Crippen MR) is 83.5 cm³/mol. The number of rotatable bonds is 6. The molecular weight excluding hydrogens is 266 g/mol. The zero-order valence-electron chi connectivity index (χ0n) is 12.7. The topological polar surface area (TPSA) is 71.1 Å². The molecule has 5 heteroatoms. The van der Waals surface area contributed by atoms with E-state index < -0.39 is 0 Å². The second-order valence-corrected chi connectivity index (χ2v) is 5.51. The Balaban J connectivity index is 2.01. The van der Waals surface area contributed by atoms with Gasteiger partial charge < -0.3 is 15.7 Å². The van der Waals surface area contributed by atoms with Crippen molar-refractivity contribution in [2.75, 3.05) is 19.7 Å². The third kappa shape index (κ3) is 4.44. The summed E-state index contributed by atoms with van der Waals surface area (Å²) in [5.74, 6) is 0.168. The minimum absolute atomic E-state index is 0.168. The standard InChI is InChI=1S/C16H25N3O2/c1-2-10-21-14-7-5-9-19(12-14)11-13-6-3-4-8-15(13)16(17)18-20/h3-4,6,8,14,20H,2,5,7,9-12H2,1H3,(H2,17,18). The summed E-state index contributed by atoms with van der Waals surface area (Å²) in [6.07, 6.45) is 3.68. The van der Waals surface area contributed by atoms with Gasteiger partial charge in [-0.2, -0.15) is 0 Å². The van der Waals surface area contributed by atoms with Gasteiger partial charge in [0.25, 0.3) is 0 Å². The van der Waals surface area contributed by atoms with E-state index in [-0.39, 0.29) is 5.84 Å². The normalized spacial score (nSPS) is 20.6. The fourth-order valence-electron chi connectivity index (χ4n) is 2.78. The van der Waals surface area contributed by atoms with E-state index in [1.54, 1.807) is 0 Å². The lowest BCUT2D eigenvalue weighted by Crippen LogP contribution is -2.39. The summed E-state index contributed by atoms with van der Waals surface area (Å²) in [7, 11) is 0. The number of benzene rings is 1. The molecule has 3 N–H and O–H groups in total. The van der Waals surface area contributed by atoms with Crippen molar-refractivity contribution >= 4 is 5.84 Å². The highest BCUT2D eigenvalue weighted by molar-refractivity contribution is 5.98. The first-order valence-electron chi connectivity index (χ1n) is 7.64. The van der Waals surface area contributed by atoms with Crippen molar-refractivity contribution < 1.29 is 9.94 Å². The smallest absolute Gasteiger partial charge is 0.170 e. The van der Waals surface area contributed by atoms with Crippen molar-refractivity contribution in [1.82, 2.24) is 4.90 Å². The van der Waals surface area contributed by atoms with Gasteiger partial charge in [0.05, 0.1) is 6.10 Å². The number of nitrogens with zero attached hydrogens (tertiary/aromatic N) is 2. The van der Waals surface area contributed by atoms with Crippen LogP contribution in [-0.4, -0.2) is 41.7 Å². The minimum Gasteiger partial charge on any atom is -0.409 e. The van der Waals surface area contributed by atoms with Gasteiger partial charge in [-0.25, -0.2) is 0 Å². The lowest BCUT2D eigenvalue weighted by atomic mass is 10.0. The Bertz CT molecular complexity index is 476. The lowest BCUT2D eigenvalue weighted by molar-refractivity contribution is -0.00224. The van der Waals surface area contributed by atoms with E-state index >= 15 is 0 Å². The second kappa shape index (κ2) is 8.00. The number of nitrogens with two attached hydrogens (primary N) is 1. The molecule has 1 atom stereocenters. The molecule has 0 amide bonds. The molecule has 1 unspecified atom stereocenters. The summed E-state index contributed by atoms with van der Waals surface area (Å²) < 4.78 is 5.87. The Morgan fingerprint density at radius 2 is 2.29 bits per heavy atom. The minimum atomic E-state index is 0.168. The largest absolute Gasteiger partial charge is 0.409 e. The zero-order chi connectivity index (χ0) is 15.1. The van der Waals surface area contributed by atoms with Crippen molar-refractivity contribution in [2.45, 2.75) is 38.8 Å². The maximum atomic E-state index is 8.89. The lowest BCUT2D eigenvalue weighted by Gasteiger charge is -2.33. The highest BCUT2D eigenvalue weighted by Crippen LogP contribution is 2.18. The number of ether oxygens (including phenoxy) is 1. The molecule has 116 valence electrons. The predicted octanol–water partition coefficient (Wildman–Crippen LogP) is 2.17. The molecule has 1 heterocycles. The van der Waals surface area contributed by atoms with Gasteiger partial charge in [-0.05, 0) is 31.4 Å². The summed E-state index contributed by atoms with van der Waals surface area (Å²) in [6.45, 7) is 5.78. The summed E-state index contributed by atoms with van der Waals surface area (Å²) in [5, 5.41) is 12.0.